The van der Waals surface area contributed by atoms with Crippen molar-refractivity contribution in [2.75, 3.05) is 5.75 Å². The van der Waals surface area contributed by atoms with Gasteiger partial charge in [-0.05, 0) is 31.4 Å². The predicted octanol–water partition coefficient (Wildman–Crippen LogP) is 2.85. The van der Waals surface area contributed by atoms with E-state index in [2.05, 4.69) is 5.32 Å². The number of unbranched alkanes of at least 4 members (excludes halogenated alkanes) is 8. The van der Waals surface area contributed by atoms with E-state index in [1.54, 1.807) is 0 Å². The average molecular weight is 521 g/mol. The van der Waals surface area contributed by atoms with Crippen LogP contribution < -0.4 is 5.32 Å². The van der Waals surface area contributed by atoms with Crippen LogP contribution in [0.4, 0.5) is 0 Å². The van der Waals surface area contributed by atoms with Gasteiger partial charge in [-0.2, -0.15) is 0 Å². The smallest absolute Gasteiger partial charge is 0.303 e. The molecule has 1 aromatic rings. The van der Waals surface area contributed by atoms with Crippen LogP contribution in [0.3, 0.4) is 0 Å². The number of fused-ring (bicyclic) bond motifs is 1. The van der Waals surface area contributed by atoms with E-state index in [0.717, 1.165) is 43.4 Å². The van der Waals surface area contributed by atoms with Gasteiger partial charge in [-0.3, -0.25) is 34.2 Å². The van der Waals surface area contributed by atoms with Crippen molar-refractivity contribution < 1.29 is 37.5 Å². The molecule has 36 heavy (non-hydrogen) atoms. The van der Waals surface area contributed by atoms with Crippen molar-refractivity contribution >= 4 is 39.4 Å². The summed E-state index contributed by atoms with van der Waals surface area (Å²) in [7, 11) is -3.84. The van der Waals surface area contributed by atoms with Gasteiger partial charge in [-0.1, -0.05) is 51.0 Å². The Kier molecular flexibility index (Phi) is 9.36. The Morgan fingerprint density at radius 1 is 0.917 bits per heavy atom. The van der Waals surface area contributed by atoms with E-state index in [0.29, 0.717) is 19.3 Å². The van der Waals surface area contributed by atoms with E-state index in [1.165, 1.54) is 18.2 Å². The second-order valence-electron chi connectivity index (χ2n) is 9.27. The Labute approximate surface area is 210 Å². The zero-order valence-corrected chi connectivity index (χ0v) is 21.0. The molecule has 2 aliphatic rings. The van der Waals surface area contributed by atoms with Gasteiger partial charge in [-0.25, -0.2) is 8.42 Å². The van der Waals surface area contributed by atoms with E-state index in [1.807, 2.05) is 0 Å². The third kappa shape index (κ3) is 6.57. The van der Waals surface area contributed by atoms with Crippen LogP contribution in [0.15, 0.2) is 23.1 Å². The van der Waals surface area contributed by atoms with Crippen LogP contribution in [0.5, 0.6) is 0 Å². The first kappa shape index (κ1) is 27.5. The normalized spacial score (nSPS) is 17.9. The zero-order chi connectivity index (χ0) is 26.3. The SMILES string of the molecule is O=C(O)CCCCCCCCCCCS(=O)(=O)c1cccc2c1C(=O)N(C1CCC(=O)NC1=O)C2=O. The maximum absolute atomic E-state index is 13.1. The van der Waals surface area contributed by atoms with E-state index >= 15 is 0 Å². The van der Waals surface area contributed by atoms with Crippen molar-refractivity contribution in [2.45, 2.75) is 88.0 Å². The maximum atomic E-state index is 13.1. The highest BCUT2D eigenvalue weighted by molar-refractivity contribution is 7.91. The Balaban J connectivity index is 1.52. The number of hydrogen-bond donors (Lipinski definition) is 2. The van der Waals surface area contributed by atoms with E-state index in [9.17, 15) is 32.4 Å². The molecule has 11 heteroatoms. The number of aliphatic carboxylic acids is 1. The molecule has 3 rings (SSSR count). The van der Waals surface area contributed by atoms with Crippen LogP contribution in [0, 0.1) is 0 Å². The van der Waals surface area contributed by atoms with Crippen molar-refractivity contribution in [2.24, 2.45) is 0 Å². The Morgan fingerprint density at radius 2 is 1.53 bits per heavy atom. The quantitative estimate of drug-likeness (QED) is 0.280. The third-order valence-electron chi connectivity index (χ3n) is 6.57. The number of rotatable bonds is 14. The molecule has 0 aliphatic carbocycles. The summed E-state index contributed by atoms with van der Waals surface area (Å²) < 4.78 is 26.1. The highest BCUT2D eigenvalue weighted by Crippen LogP contribution is 2.32. The van der Waals surface area contributed by atoms with Gasteiger partial charge in [0.1, 0.15) is 6.04 Å². The van der Waals surface area contributed by atoms with E-state index < -0.39 is 45.5 Å². The molecule has 0 saturated carbocycles. The number of sulfone groups is 1. The van der Waals surface area contributed by atoms with Crippen LogP contribution in [-0.2, 0) is 24.2 Å². The van der Waals surface area contributed by atoms with Crippen LogP contribution in [0.1, 0.15) is 97.8 Å². The summed E-state index contributed by atoms with van der Waals surface area (Å²) in [6.45, 7) is 0. The minimum atomic E-state index is -3.84. The van der Waals surface area contributed by atoms with Crippen LogP contribution in [-0.4, -0.2) is 59.8 Å². The topological polar surface area (TPSA) is 155 Å². The molecule has 2 heterocycles. The fourth-order valence-corrected chi connectivity index (χ4v) is 6.26. The molecule has 1 unspecified atom stereocenters. The number of amides is 4. The molecule has 2 N–H and O–H groups in total. The van der Waals surface area contributed by atoms with E-state index in [-0.39, 0.29) is 41.0 Å². The first-order valence-corrected chi connectivity index (χ1v) is 14.1. The van der Waals surface area contributed by atoms with E-state index in [4.69, 9.17) is 5.11 Å². The molecule has 0 aromatic heterocycles. The summed E-state index contributed by atoms with van der Waals surface area (Å²) in [5, 5.41) is 10.7. The Hall–Kier alpha value is -3.08. The lowest BCUT2D eigenvalue weighted by Gasteiger charge is -2.27. The van der Waals surface area contributed by atoms with Crippen LogP contribution >= 0.6 is 0 Å². The molecule has 10 nitrogen and oxygen atoms in total. The van der Waals surface area contributed by atoms with Crippen LogP contribution in [0.2, 0.25) is 0 Å². The third-order valence-corrected chi connectivity index (χ3v) is 8.41. The number of carboxylic acids is 1. The molecule has 1 aromatic carbocycles. The molecule has 1 saturated heterocycles. The van der Waals surface area contributed by atoms with Gasteiger partial charge in [0, 0.05) is 12.8 Å². The van der Waals surface area contributed by atoms with Crippen LogP contribution in [0.25, 0.3) is 0 Å². The number of nitrogens with one attached hydrogen (secondary N) is 1. The number of nitrogens with zero attached hydrogens (tertiary/aromatic N) is 1. The first-order valence-electron chi connectivity index (χ1n) is 12.4. The summed E-state index contributed by atoms with van der Waals surface area (Å²) in [5.41, 5.74) is -0.246. The number of imide groups is 2. The summed E-state index contributed by atoms with van der Waals surface area (Å²) >= 11 is 0. The standard InChI is InChI=1S/C25H32N2O8S/c28-20-15-14-18(23(31)26-20)27-24(32)17-11-10-12-19(22(17)25(27)33)36(34,35)16-9-7-5-3-1-2-4-6-8-13-21(29)30/h10-12,18H,1-9,13-16H2,(H,29,30)(H,26,28,31). The van der Waals surface area contributed by atoms with Gasteiger partial charge >= 0.3 is 5.97 Å². The lowest BCUT2D eigenvalue weighted by molar-refractivity contribution is -0.138. The summed E-state index contributed by atoms with van der Waals surface area (Å²) in [6.07, 6.45) is 7.77. The van der Waals surface area contributed by atoms with Crippen molar-refractivity contribution in [3.05, 3.63) is 29.3 Å². The van der Waals surface area contributed by atoms with Crippen molar-refractivity contribution in [1.82, 2.24) is 10.2 Å². The molecule has 0 bridgehead atoms. The second kappa shape index (κ2) is 12.2. The summed E-state index contributed by atoms with van der Waals surface area (Å²) in [6, 6.07) is 2.96. The molecule has 0 radical (unpaired) electrons. The minimum Gasteiger partial charge on any atom is -0.481 e. The monoisotopic (exact) mass is 520 g/mol. The predicted molar refractivity (Wildman–Crippen MR) is 129 cm³/mol. The van der Waals surface area contributed by atoms with Gasteiger partial charge in [0.25, 0.3) is 11.8 Å². The summed E-state index contributed by atoms with van der Waals surface area (Å²) in [4.78, 5) is 60.8. The van der Waals surface area contributed by atoms with Gasteiger partial charge in [0.05, 0.1) is 21.8 Å². The molecule has 0 spiro atoms. The van der Waals surface area contributed by atoms with Crippen molar-refractivity contribution in [3.8, 4) is 0 Å². The van der Waals surface area contributed by atoms with Gasteiger partial charge in [-0.15, -0.1) is 0 Å². The zero-order valence-electron chi connectivity index (χ0n) is 20.2. The first-order chi connectivity index (χ1) is 17.1. The van der Waals surface area contributed by atoms with Crippen molar-refractivity contribution in [1.29, 1.82) is 0 Å². The summed E-state index contributed by atoms with van der Waals surface area (Å²) in [5.74, 6) is -3.71. The van der Waals surface area contributed by atoms with Gasteiger partial charge in [0.2, 0.25) is 11.8 Å². The number of benzene rings is 1. The number of carbonyl (C=O) groups is 5. The highest BCUT2D eigenvalue weighted by Gasteiger charge is 2.46. The van der Waals surface area contributed by atoms with Gasteiger partial charge < -0.3 is 5.11 Å². The molecular formula is C25H32N2O8S. The molecule has 4 amide bonds. The molecule has 1 atom stereocenters. The fourth-order valence-electron chi connectivity index (χ4n) is 4.66. The molecule has 2 aliphatic heterocycles. The highest BCUT2D eigenvalue weighted by atomic mass is 32.2. The number of carboxylic acid groups (broad SMARTS) is 1. The largest absolute Gasteiger partial charge is 0.481 e. The molecule has 196 valence electrons. The minimum absolute atomic E-state index is 0.000549. The molecular weight excluding hydrogens is 488 g/mol. The molecule has 1 fully saturated rings. The Morgan fingerprint density at radius 3 is 2.14 bits per heavy atom. The number of piperidine rings is 1. The van der Waals surface area contributed by atoms with Gasteiger partial charge in [0.15, 0.2) is 9.84 Å². The second-order valence-corrected chi connectivity index (χ2v) is 11.3. The maximum Gasteiger partial charge on any atom is 0.303 e. The lowest BCUT2D eigenvalue weighted by Crippen LogP contribution is -2.54. The average Bonchev–Trinajstić information content (AvgIpc) is 3.07. The lowest BCUT2D eigenvalue weighted by atomic mass is 10.0. The number of carbonyl (C=O) groups excluding carboxylic acids is 4. The van der Waals surface area contributed by atoms with Crippen molar-refractivity contribution in [3.63, 3.8) is 0 Å². The number of hydrogen-bond acceptors (Lipinski definition) is 7. The Bertz CT molecular complexity index is 1140. The fraction of sp³-hybridized carbons (Fsp3) is 0.560.